The summed E-state index contributed by atoms with van der Waals surface area (Å²) in [5.41, 5.74) is 2.71. The molecule has 0 aliphatic rings. The quantitative estimate of drug-likeness (QED) is 0.717. The number of nitrogens with one attached hydrogen (secondary N) is 1. The lowest BCUT2D eigenvalue weighted by molar-refractivity contribution is 0.394. The molecule has 0 aliphatic carbocycles. The molecule has 0 atom stereocenters. The van der Waals surface area contributed by atoms with E-state index in [-0.39, 0.29) is 0 Å². The summed E-state index contributed by atoms with van der Waals surface area (Å²) in [6, 6.07) is 8.66. The molecule has 0 unspecified atom stereocenters. The second kappa shape index (κ2) is 6.59. The summed E-state index contributed by atoms with van der Waals surface area (Å²) in [5, 5.41) is 3.46. The third kappa shape index (κ3) is 5.55. The minimum atomic E-state index is 0.981. The highest BCUT2D eigenvalue weighted by atomic mass is 15.0. The molecular formula is C13H22N2. The maximum Gasteiger partial charge on any atom is 0.0205 e. The van der Waals surface area contributed by atoms with Gasteiger partial charge in [0, 0.05) is 6.54 Å². The van der Waals surface area contributed by atoms with Gasteiger partial charge in [0.05, 0.1) is 0 Å². The molecule has 1 aromatic rings. The van der Waals surface area contributed by atoms with Crippen molar-refractivity contribution in [1.29, 1.82) is 0 Å². The molecule has 0 saturated carbocycles. The Hall–Kier alpha value is -0.860. The Morgan fingerprint density at radius 3 is 2.73 bits per heavy atom. The van der Waals surface area contributed by atoms with Crippen molar-refractivity contribution in [3.05, 3.63) is 35.4 Å². The van der Waals surface area contributed by atoms with Crippen molar-refractivity contribution in [3.63, 3.8) is 0 Å². The van der Waals surface area contributed by atoms with Gasteiger partial charge in [-0.1, -0.05) is 29.8 Å². The number of aryl methyl sites for hydroxylation is 1. The summed E-state index contributed by atoms with van der Waals surface area (Å²) in [6.45, 7) is 5.36. The molecule has 84 valence electrons. The second-order valence-electron chi connectivity index (χ2n) is 4.32. The van der Waals surface area contributed by atoms with Gasteiger partial charge in [-0.25, -0.2) is 0 Å². The molecule has 2 heteroatoms. The molecular weight excluding hydrogens is 184 g/mol. The van der Waals surface area contributed by atoms with E-state index in [2.05, 4.69) is 55.5 Å². The Labute approximate surface area is 93.3 Å². The standard InChI is InChI=1S/C13H22N2/c1-12-6-4-7-13(10-12)11-14-8-5-9-15(2)3/h4,6-7,10,14H,5,8-9,11H2,1-3H3. The molecule has 0 bridgehead atoms. The first kappa shape index (κ1) is 12.2. The van der Waals surface area contributed by atoms with Gasteiger partial charge in [0.2, 0.25) is 0 Å². The Morgan fingerprint density at radius 2 is 2.07 bits per heavy atom. The fourth-order valence-corrected chi connectivity index (χ4v) is 1.58. The minimum Gasteiger partial charge on any atom is -0.313 e. The summed E-state index contributed by atoms with van der Waals surface area (Å²) < 4.78 is 0. The van der Waals surface area contributed by atoms with Crippen LogP contribution in [0, 0.1) is 6.92 Å². The van der Waals surface area contributed by atoms with Crippen LogP contribution in [0.2, 0.25) is 0 Å². The number of hydrogen-bond donors (Lipinski definition) is 1. The summed E-state index contributed by atoms with van der Waals surface area (Å²) in [7, 11) is 4.22. The highest BCUT2D eigenvalue weighted by Crippen LogP contribution is 2.02. The van der Waals surface area contributed by atoms with Crippen LogP contribution in [-0.4, -0.2) is 32.1 Å². The average molecular weight is 206 g/mol. The molecule has 0 saturated heterocycles. The number of nitrogens with zero attached hydrogens (tertiary/aromatic N) is 1. The van der Waals surface area contributed by atoms with Crippen LogP contribution in [-0.2, 0) is 6.54 Å². The van der Waals surface area contributed by atoms with E-state index in [0.717, 1.165) is 19.6 Å². The van der Waals surface area contributed by atoms with Crippen LogP contribution in [0.25, 0.3) is 0 Å². The first-order valence-corrected chi connectivity index (χ1v) is 5.59. The Bertz CT molecular complexity index is 282. The van der Waals surface area contributed by atoms with Gasteiger partial charge >= 0.3 is 0 Å². The van der Waals surface area contributed by atoms with Crippen LogP contribution in [0.4, 0.5) is 0 Å². The number of rotatable bonds is 6. The topological polar surface area (TPSA) is 15.3 Å². The molecule has 0 radical (unpaired) electrons. The molecule has 1 N–H and O–H groups in total. The van der Waals surface area contributed by atoms with Gasteiger partial charge < -0.3 is 10.2 Å². The molecule has 15 heavy (non-hydrogen) atoms. The van der Waals surface area contributed by atoms with E-state index in [1.807, 2.05) is 0 Å². The van der Waals surface area contributed by atoms with Crippen molar-refractivity contribution in [1.82, 2.24) is 10.2 Å². The van der Waals surface area contributed by atoms with E-state index < -0.39 is 0 Å². The monoisotopic (exact) mass is 206 g/mol. The summed E-state index contributed by atoms with van der Waals surface area (Å²) >= 11 is 0. The molecule has 0 spiro atoms. The van der Waals surface area contributed by atoms with Gasteiger partial charge in [0.15, 0.2) is 0 Å². The van der Waals surface area contributed by atoms with Crippen molar-refractivity contribution < 1.29 is 0 Å². The lowest BCUT2D eigenvalue weighted by Gasteiger charge is -2.10. The summed E-state index contributed by atoms with van der Waals surface area (Å²) in [5.74, 6) is 0. The Morgan fingerprint density at radius 1 is 1.27 bits per heavy atom. The molecule has 1 rings (SSSR count). The van der Waals surface area contributed by atoms with E-state index in [1.165, 1.54) is 17.5 Å². The fourth-order valence-electron chi connectivity index (χ4n) is 1.58. The zero-order valence-corrected chi connectivity index (χ0v) is 10.1. The van der Waals surface area contributed by atoms with E-state index in [1.54, 1.807) is 0 Å². The zero-order chi connectivity index (χ0) is 11.1. The third-order valence-corrected chi connectivity index (χ3v) is 2.37. The molecule has 0 fully saturated rings. The minimum absolute atomic E-state index is 0.981. The zero-order valence-electron chi connectivity index (χ0n) is 10.1. The van der Waals surface area contributed by atoms with E-state index >= 15 is 0 Å². The van der Waals surface area contributed by atoms with Crippen molar-refractivity contribution in [2.45, 2.75) is 19.9 Å². The van der Waals surface area contributed by atoms with Crippen LogP contribution in [0.5, 0.6) is 0 Å². The Kier molecular flexibility index (Phi) is 5.37. The smallest absolute Gasteiger partial charge is 0.0205 e. The summed E-state index contributed by atoms with van der Waals surface area (Å²) in [6.07, 6.45) is 1.21. The van der Waals surface area contributed by atoms with Gasteiger partial charge in [-0.2, -0.15) is 0 Å². The van der Waals surface area contributed by atoms with Crippen LogP contribution in [0.3, 0.4) is 0 Å². The SMILES string of the molecule is Cc1cccc(CNCCCN(C)C)c1. The molecule has 2 nitrogen and oxygen atoms in total. The number of benzene rings is 1. The van der Waals surface area contributed by atoms with Gasteiger partial charge in [0.1, 0.15) is 0 Å². The lowest BCUT2D eigenvalue weighted by Crippen LogP contribution is -2.20. The van der Waals surface area contributed by atoms with Crippen LogP contribution >= 0.6 is 0 Å². The van der Waals surface area contributed by atoms with Crippen molar-refractivity contribution in [2.24, 2.45) is 0 Å². The molecule has 1 aromatic carbocycles. The first-order chi connectivity index (χ1) is 7.18. The van der Waals surface area contributed by atoms with Crippen LogP contribution in [0.1, 0.15) is 17.5 Å². The predicted molar refractivity (Wildman–Crippen MR) is 66.1 cm³/mol. The fraction of sp³-hybridized carbons (Fsp3) is 0.538. The second-order valence-corrected chi connectivity index (χ2v) is 4.32. The van der Waals surface area contributed by atoms with Crippen molar-refractivity contribution >= 4 is 0 Å². The average Bonchev–Trinajstić information content (AvgIpc) is 2.17. The molecule has 0 heterocycles. The lowest BCUT2D eigenvalue weighted by atomic mass is 10.1. The molecule has 0 aliphatic heterocycles. The summed E-state index contributed by atoms with van der Waals surface area (Å²) in [4.78, 5) is 2.22. The normalized spacial score (nSPS) is 10.9. The Balaban J connectivity index is 2.15. The molecule has 0 aromatic heterocycles. The maximum absolute atomic E-state index is 3.46. The largest absolute Gasteiger partial charge is 0.313 e. The van der Waals surface area contributed by atoms with E-state index in [0.29, 0.717) is 0 Å². The number of hydrogen-bond acceptors (Lipinski definition) is 2. The van der Waals surface area contributed by atoms with E-state index in [4.69, 9.17) is 0 Å². The van der Waals surface area contributed by atoms with E-state index in [9.17, 15) is 0 Å². The van der Waals surface area contributed by atoms with Gasteiger partial charge in [0.25, 0.3) is 0 Å². The van der Waals surface area contributed by atoms with Gasteiger partial charge in [-0.05, 0) is 46.1 Å². The van der Waals surface area contributed by atoms with Crippen LogP contribution < -0.4 is 5.32 Å². The van der Waals surface area contributed by atoms with Gasteiger partial charge in [-0.15, -0.1) is 0 Å². The highest BCUT2D eigenvalue weighted by Gasteiger charge is 1.93. The third-order valence-electron chi connectivity index (χ3n) is 2.37. The predicted octanol–water partition coefficient (Wildman–Crippen LogP) is 2.04. The molecule has 0 amide bonds. The van der Waals surface area contributed by atoms with Gasteiger partial charge in [-0.3, -0.25) is 0 Å². The van der Waals surface area contributed by atoms with Crippen molar-refractivity contribution in [2.75, 3.05) is 27.2 Å². The van der Waals surface area contributed by atoms with Crippen molar-refractivity contribution in [3.8, 4) is 0 Å². The van der Waals surface area contributed by atoms with Crippen LogP contribution in [0.15, 0.2) is 24.3 Å². The maximum atomic E-state index is 3.46. The first-order valence-electron chi connectivity index (χ1n) is 5.59. The highest BCUT2D eigenvalue weighted by molar-refractivity contribution is 5.21.